The van der Waals surface area contributed by atoms with Gasteiger partial charge in [0.2, 0.25) is 0 Å². The summed E-state index contributed by atoms with van der Waals surface area (Å²) in [4.78, 5) is 0. The van der Waals surface area contributed by atoms with Crippen molar-refractivity contribution in [3.05, 3.63) is 47.9 Å². The lowest BCUT2D eigenvalue weighted by molar-refractivity contribution is 0.340. The van der Waals surface area contributed by atoms with Crippen LogP contribution in [0.25, 0.3) is 12.2 Å². The molecule has 3 nitrogen and oxygen atoms in total. The highest BCUT2D eigenvalue weighted by Gasteiger charge is 2.09. The van der Waals surface area contributed by atoms with Crippen LogP contribution < -0.4 is 10.2 Å². The van der Waals surface area contributed by atoms with E-state index in [0.717, 1.165) is 22.3 Å². The van der Waals surface area contributed by atoms with Crippen molar-refractivity contribution in [2.24, 2.45) is 0 Å². The highest BCUT2D eigenvalue weighted by atomic mass is 16.5. The lowest BCUT2D eigenvalue weighted by Gasteiger charge is -2.08. The first-order chi connectivity index (χ1) is 9.19. The van der Waals surface area contributed by atoms with Gasteiger partial charge in [-0.25, -0.2) is 0 Å². The van der Waals surface area contributed by atoms with Crippen LogP contribution in [0.2, 0.25) is 6.82 Å². The molecule has 2 aromatic rings. The van der Waals surface area contributed by atoms with Crippen LogP contribution in [-0.4, -0.2) is 18.5 Å². The van der Waals surface area contributed by atoms with Gasteiger partial charge < -0.3 is 14.2 Å². The molecule has 0 unspecified atom stereocenters. The van der Waals surface area contributed by atoms with Crippen LogP contribution in [0.3, 0.4) is 0 Å². The van der Waals surface area contributed by atoms with Crippen LogP contribution in [-0.2, 0) is 0 Å². The molecule has 4 heteroatoms. The van der Waals surface area contributed by atoms with Gasteiger partial charge in [-0.05, 0) is 36.1 Å². The van der Waals surface area contributed by atoms with Gasteiger partial charge in [-0.1, -0.05) is 25.0 Å². The summed E-state index contributed by atoms with van der Waals surface area (Å²) in [6.07, 6.45) is 7.25. The van der Waals surface area contributed by atoms with Gasteiger partial charge in [0, 0.05) is 5.56 Å². The van der Waals surface area contributed by atoms with Crippen LogP contribution >= 0.6 is 0 Å². The molecule has 1 aromatic heterocycles. The topological polar surface area (TPSA) is 42.6 Å². The Kier molecular flexibility index (Phi) is 4.47. The summed E-state index contributed by atoms with van der Waals surface area (Å²) in [5, 5.41) is 9.70. The summed E-state index contributed by atoms with van der Waals surface area (Å²) >= 11 is 0. The normalized spacial score (nSPS) is 10.9. The fourth-order valence-electron chi connectivity index (χ4n) is 1.80. The summed E-state index contributed by atoms with van der Waals surface area (Å²) < 4.78 is 10.5. The van der Waals surface area contributed by atoms with Gasteiger partial charge in [0.15, 0.2) is 0 Å². The van der Waals surface area contributed by atoms with E-state index >= 15 is 0 Å². The lowest BCUT2D eigenvalue weighted by Crippen LogP contribution is -2.26. The standard InChI is InChI=1S/C15H17BO3/c1-3-19-15-9-13(8-14(10-15)16(2)17)5-4-12-6-7-18-11-12/h4-11,17H,3H2,1-2H3/b5-4+. The molecule has 1 aromatic carbocycles. The number of benzene rings is 1. The quantitative estimate of drug-likeness (QED) is 0.836. The summed E-state index contributed by atoms with van der Waals surface area (Å²) in [6.45, 7) is 3.78. The van der Waals surface area contributed by atoms with Crippen LogP contribution in [0.15, 0.2) is 41.2 Å². The third-order valence-electron chi connectivity index (χ3n) is 2.76. The third-order valence-corrected chi connectivity index (χ3v) is 2.76. The van der Waals surface area contributed by atoms with E-state index in [0.29, 0.717) is 6.61 Å². The molecular weight excluding hydrogens is 239 g/mol. The lowest BCUT2D eigenvalue weighted by atomic mass is 9.64. The zero-order chi connectivity index (χ0) is 13.7. The first kappa shape index (κ1) is 13.5. The average Bonchev–Trinajstić information content (AvgIpc) is 2.89. The Morgan fingerprint density at radius 1 is 1.26 bits per heavy atom. The molecule has 0 radical (unpaired) electrons. The minimum atomic E-state index is -0.513. The van der Waals surface area contributed by atoms with Crippen LogP contribution in [0.1, 0.15) is 18.1 Å². The number of ether oxygens (including phenoxy) is 1. The Morgan fingerprint density at radius 3 is 2.68 bits per heavy atom. The SMILES string of the molecule is CCOc1cc(/C=C/c2ccoc2)cc(B(C)O)c1. The maximum Gasteiger partial charge on any atom is 0.320 e. The Morgan fingerprint density at radius 2 is 2.05 bits per heavy atom. The molecule has 0 fully saturated rings. The van der Waals surface area contributed by atoms with Gasteiger partial charge >= 0.3 is 6.92 Å². The van der Waals surface area contributed by atoms with Gasteiger partial charge in [-0.15, -0.1) is 0 Å². The van der Waals surface area contributed by atoms with Crippen molar-refractivity contribution in [2.45, 2.75) is 13.7 Å². The summed E-state index contributed by atoms with van der Waals surface area (Å²) in [6, 6.07) is 7.65. The van der Waals surface area contributed by atoms with E-state index in [9.17, 15) is 5.02 Å². The zero-order valence-corrected chi connectivity index (χ0v) is 11.2. The molecule has 98 valence electrons. The number of rotatable bonds is 5. The van der Waals surface area contributed by atoms with Crippen molar-refractivity contribution in [1.82, 2.24) is 0 Å². The monoisotopic (exact) mass is 256 g/mol. The van der Waals surface area contributed by atoms with Crippen molar-refractivity contribution >= 4 is 24.5 Å². The first-order valence-corrected chi connectivity index (χ1v) is 6.35. The molecule has 0 spiro atoms. The van der Waals surface area contributed by atoms with Gasteiger partial charge in [0.05, 0.1) is 19.1 Å². The number of hydrogen-bond acceptors (Lipinski definition) is 3. The predicted molar refractivity (Wildman–Crippen MR) is 78.7 cm³/mol. The molecule has 0 aliphatic carbocycles. The fourth-order valence-corrected chi connectivity index (χ4v) is 1.80. The summed E-state index contributed by atoms with van der Waals surface area (Å²) in [7, 11) is 0. The highest BCUT2D eigenvalue weighted by molar-refractivity contribution is 6.64. The molecule has 1 heterocycles. The predicted octanol–water partition coefficient (Wildman–Crippen LogP) is 2.67. The smallest absolute Gasteiger partial charge is 0.320 e. The molecular formula is C15H17BO3. The molecule has 2 rings (SSSR count). The van der Waals surface area contributed by atoms with E-state index in [1.807, 2.05) is 43.3 Å². The number of hydrogen-bond donors (Lipinski definition) is 1. The first-order valence-electron chi connectivity index (χ1n) is 6.35. The highest BCUT2D eigenvalue weighted by Crippen LogP contribution is 2.15. The van der Waals surface area contributed by atoms with Crippen molar-refractivity contribution < 1.29 is 14.2 Å². The molecule has 0 bridgehead atoms. The van der Waals surface area contributed by atoms with E-state index in [1.54, 1.807) is 19.3 Å². The maximum atomic E-state index is 9.70. The van der Waals surface area contributed by atoms with Gasteiger partial charge in [-0.2, -0.15) is 0 Å². The Labute approximate surface area is 113 Å². The Balaban J connectivity index is 2.28. The molecule has 0 saturated carbocycles. The van der Waals surface area contributed by atoms with Crippen molar-refractivity contribution in [3.8, 4) is 5.75 Å². The molecule has 0 amide bonds. The van der Waals surface area contributed by atoms with Crippen molar-refractivity contribution in [3.63, 3.8) is 0 Å². The van der Waals surface area contributed by atoms with Crippen molar-refractivity contribution in [1.29, 1.82) is 0 Å². The van der Waals surface area contributed by atoms with E-state index in [-0.39, 0.29) is 0 Å². The third kappa shape index (κ3) is 3.76. The minimum absolute atomic E-state index is 0.513. The summed E-state index contributed by atoms with van der Waals surface area (Å²) in [5.74, 6) is 0.771. The van der Waals surface area contributed by atoms with Crippen LogP contribution in [0.5, 0.6) is 5.75 Å². The van der Waals surface area contributed by atoms with E-state index < -0.39 is 6.92 Å². The van der Waals surface area contributed by atoms with Gasteiger partial charge in [0.1, 0.15) is 5.75 Å². The number of furan rings is 1. The molecule has 0 aliphatic heterocycles. The van der Waals surface area contributed by atoms with Crippen LogP contribution in [0, 0.1) is 0 Å². The summed E-state index contributed by atoms with van der Waals surface area (Å²) in [5.41, 5.74) is 2.83. The van der Waals surface area contributed by atoms with Gasteiger partial charge in [-0.3, -0.25) is 0 Å². The second-order valence-electron chi connectivity index (χ2n) is 4.33. The Hall–Kier alpha value is -1.94. The zero-order valence-electron chi connectivity index (χ0n) is 11.2. The molecule has 0 atom stereocenters. The van der Waals surface area contributed by atoms with Crippen molar-refractivity contribution in [2.75, 3.05) is 6.61 Å². The molecule has 19 heavy (non-hydrogen) atoms. The maximum absolute atomic E-state index is 9.70. The van der Waals surface area contributed by atoms with E-state index in [1.165, 1.54) is 0 Å². The fraction of sp³-hybridized carbons (Fsp3) is 0.200. The van der Waals surface area contributed by atoms with Gasteiger partial charge in [0.25, 0.3) is 0 Å². The van der Waals surface area contributed by atoms with E-state index in [2.05, 4.69) is 0 Å². The average molecular weight is 256 g/mol. The Bertz CT molecular complexity index is 545. The molecule has 0 aliphatic rings. The minimum Gasteiger partial charge on any atom is -0.494 e. The second kappa shape index (κ2) is 6.30. The van der Waals surface area contributed by atoms with E-state index in [4.69, 9.17) is 9.15 Å². The van der Waals surface area contributed by atoms with Crippen LogP contribution in [0.4, 0.5) is 0 Å². The largest absolute Gasteiger partial charge is 0.494 e. The molecule has 1 N–H and O–H groups in total. The second-order valence-corrected chi connectivity index (χ2v) is 4.33. The molecule has 0 saturated heterocycles.